The molecule has 28 heavy (non-hydrogen) atoms. The van der Waals surface area contributed by atoms with Crippen molar-refractivity contribution in [1.82, 2.24) is 5.32 Å². The number of esters is 1. The van der Waals surface area contributed by atoms with E-state index in [1.165, 1.54) is 36.4 Å². The van der Waals surface area contributed by atoms with Gasteiger partial charge in [-0.05, 0) is 48.5 Å². The zero-order valence-electron chi connectivity index (χ0n) is 14.5. The molecular weight excluding hydrogens is 450 g/mol. The van der Waals surface area contributed by atoms with Crippen molar-refractivity contribution in [2.75, 3.05) is 17.9 Å². The molecule has 2 aromatic rings. The first-order valence-electron chi connectivity index (χ1n) is 8.01. The number of amides is 1. The van der Waals surface area contributed by atoms with Crippen molar-refractivity contribution in [3.05, 3.63) is 58.6 Å². The molecule has 0 fully saturated rings. The number of hydrogen-bond donors (Lipinski definition) is 2. The molecule has 2 rings (SSSR count). The number of nitrogens with zero attached hydrogens (tertiary/aromatic N) is 1. The van der Waals surface area contributed by atoms with E-state index < -0.39 is 28.5 Å². The first-order valence-corrected chi connectivity index (χ1v) is 10.3. The van der Waals surface area contributed by atoms with Crippen LogP contribution in [0.3, 0.4) is 0 Å². The molecule has 0 unspecified atom stereocenters. The molecular formula is C18H16BrN3O5S. The number of nitrogens with one attached hydrogen (secondary N) is 2. The third-order valence-electron chi connectivity index (χ3n) is 3.39. The van der Waals surface area contributed by atoms with Gasteiger partial charge < -0.3 is 10.1 Å². The third-order valence-corrected chi connectivity index (χ3v) is 5.32. The normalized spacial score (nSPS) is 10.6. The van der Waals surface area contributed by atoms with E-state index in [4.69, 9.17) is 10.00 Å². The molecule has 0 aromatic heterocycles. The second-order valence-corrected chi connectivity index (χ2v) is 8.07. The van der Waals surface area contributed by atoms with Crippen LogP contribution in [0.5, 0.6) is 0 Å². The van der Waals surface area contributed by atoms with E-state index in [1.54, 1.807) is 12.1 Å². The Hall–Kier alpha value is -2.90. The van der Waals surface area contributed by atoms with Crippen molar-refractivity contribution in [1.29, 1.82) is 5.26 Å². The number of carbonyl (C=O) groups excluding carboxylic acids is 2. The Bertz CT molecular complexity index is 983. The molecule has 0 aliphatic rings. The first-order chi connectivity index (χ1) is 13.3. The largest absolute Gasteiger partial charge is 0.452 e. The molecule has 2 aromatic carbocycles. The van der Waals surface area contributed by atoms with Gasteiger partial charge in [0, 0.05) is 16.7 Å². The maximum atomic E-state index is 12.3. The molecule has 0 heterocycles. The summed E-state index contributed by atoms with van der Waals surface area (Å²) in [6, 6.07) is 13.6. The van der Waals surface area contributed by atoms with E-state index in [9.17, 15) is 18.0 Å². The lowest BCUT2D eigenvalue weighted by atomic mass is 10.2. The van der Waals surface area contributed by atoms with Gasteiger partial charge in [-0.2, -0.15) is 5.26 Å². The SMILES string of the molecule is N#CCCNC(=O)COC(=O)c1ccc(NS(=O)(=O)c2ccc(Br)cc2)cc1. The minimum absolute atomic E-state index is 0.0987. The maximum absolute atomic E-state index is 12.3. The summed E-state index contributed by atoms with van der Waals surface area (Å²) in [6.45, 7) is -0.289. The van der Waals surface area contributed by atoms with Crippen LogP contribution in [0.25, 0.3) is 0 Å². The molecule has 8 nitrogen and oxygen atoms in total. The summed E-state index contributed by atoms with van der Waals surface area (Å²) < 4.78 is 32.7. The average Bonchev–Trinajstić information content (AvgIpc) is 2.67. The highest BCUT2D eigenvalue weighted by molar-refractivity contribution is 9.10. The maximum Gasteiger partial charge on any atom is 0.338 e. The van der Waals surface area contributed by atoms with Crippen molar-refractivity contribution in [3.8, 4) is 6.07 Å². The zero-order chi connectivity index (χ0) is 20.6. The van der Waals surface area contributed by atoms with Crippen molar-refractivity contribution in [2.24, 2.45) is 0 Å². The molecule has 0 aliphatic heterocycles. The number of ether oxygens (including phenoxy) is 1. The molecule has 1 amide bonds. The number of nitriles is 1. The predicted octanol–water partition coefficient (Wildman–Crippen LogP) is 2.44. The van der Waals surface area contributed by atoms with Gasteiger partial charge in [0.25, 0.3) is 15.9 Å². The van der Waals surface area contributed by atoms with Gasteiger partial charge in [0.1, 0.15) is 0 Å². The number of sulfonamides is 1. The van der Waals surface area contributed by atoms with Gasteiger partial charge in [0.2, 0.25) is 0 Å². The Morgan fingerprint density at radius 2 is 1.71 bits per heavy atom. The fourth-order valence-corrected chi connectivity index (χ4v) is 3.35. The van der Waals surface area contributed by atoms with Crippen molar-refractivity contribution < 1.29 is 22.7 Å². The van der Waals surface area contributed by atoms with Crippen LogP contribution < -0.4 is 10.0 Å². The first kappa shape index (κ1) is 21.4. The van der Waals surface area contributed by atoms with E-state index >= 15 is 0 Å². The molecule has 0 aliphatic carbocycles. The molecule has 0 atom stereocenters. The molecule has 0 bridgehead atoms. The number of halogens is 1. The second-order valence-electron chi connectivity index (χ2n) is 5.47. The number of rotatable bonds is 8. The van der Waals surface area contributed by atoms with Gasteiger partial charge in [0.15, 0.2) is 6.61 Å². The second kappa shape index (κ2) is 9.87. The molecule has 2 N–H and O–H groups in total. The molecule has 0 saturated heterocycles. The van der Waals surface area contributed by atoms with Gasteiger partial charge in [-0.3, -0.25) is 9.52 Å². The highest BCUT2D eigenvalue weighted by Gasteiger charge is 2.15. The lowest BCUT2D eigenvalue weighted by molar-refractivity contribution is -0.124. The summed E-state index contributed by atoms with van der Waals surface area (Å²) in [5.74, 6) is -1.24. The van der Waals surface area contributed by atoms with Crippen molar-refractivity contribution in [2.45, 2.75) is 11.3 Å². The Kier molecular flexibility index (Phi) is 7.54. The van der Waals surface area contributed by atoms with Crippen LogP contribution in [0.4, 0.5) is 5.69 Å². The summed E-state index contributed by atoms with van der Waals surface area (Å²) in [4.78, 5) is 23.5. The number of hydrogen-bond acceptors (Lipinski definition) is 6. The van der Waals surface area contributed by atoms with Crippen LogP contribution in [0.2, 0.25) is 0 Å². The van der Waals surface area contributed by atoms with Crippen LogP contribution in [-0.4, -0.2) is 33.4 Å². The summed E-state index contributed by atoms with van der Waals surface area (Å²) >= 11 is 3.24. The van der Waals surface area contributed by atoms with Gasteiger partial charge >= 0.3 is 5.97 Å². The predicted molar refractivity (Wildman–Crippen MR) is 105 cm³/mol. The monoisotopic (exact) mass is 465 g/mol. The minimum Gasteiger partial charge on any atom is -0.452 e. The highest BCUT2D eigenvalue weighted by atomic mass is 79.9. The summed E-state index contributed by atoms with van der Waals surface area (Å²) in [6.07, 6.45) is 0.164. The Labute approximate surface area is 170 Å². The standard InChI is InChI=1S/C18H16BrN3O5S/c19-14-4-8-16(9-5-14)28(25,26)22-15-6-2-13(3-7-15)18(24)27-12-17(23)21-11-1-10-20/h2-9,22H,1,11-12H2,(H,21,23). The third kappa shape index (κ3) is 6.37. The van der Waals surface area contributed by atoms with E-state index in [2.05, 4.69) is 26.0 Å². The number of carbonyl (C=O) groups is 2. The lowest BCUT2D eigenvalue weighted by Gasteiger charge is -2.09. The smallest absolute Gasteiger partial charge is 0.338 e. The Morgan fingerprint density at radius 1 is 1.07 bits per heavy atom. The summed E-state index contributed by atoms with van der Waals surface area (Å²) in [5, 5.41) is 10.8. The number of benzene rings is 2. The van der Waals surface area contributed by atoms with E-state index in [-0.39, 0.29) is 29.1 Å². The Morgan fingerprint density at radius 3 is 2.32 bits per heavy atom. The van der Waals surface area contributed by atoms with Crippen LogP contribution >= 0.6 is 15.9 Å². The van der Waals surface area contributed by atoms with Crippen molar-refractivity contribution in [3.63, 3.8) is 0 Å². The Balaban J connectivity index is 1.93. The van der Waals surface area contributed by atoms with Crippen LogP contribution in [0.1, 0.15) is 16.8 Å². The van der Waals surface area contributed by atoms with Gasteiger partial charge in [-0.1, -0.05) is 15.9 Å². The molecule has 0 radical (unpaired) electrons. The topological polar surface area (TPSA) is 125 Å². The van der Waals surface area contributed by atoms with Crippen LogP contribution in [-0.2, 0) is 19.6 Å². The molecule has 0 spiro atoms. The van der Waals surface area contributed by atoms with E-state index in [0.29, 0.717) is 0 Å². The van der Waals surface area contributed by atoms with E-state index in [0.717, 1.165) is 4.47 Å². The molecule has 0 saturated carbocycles. The highest BCUT2D eigenvalue weighted by Crippen LogP contribution is 2.19. The summed E-state index contributed by atoms with van der Waals surface area (Å²) in [5.41, 5.74) is 0.435. The van der Waals surface area contributed by atoms with Crippen LogP contribution in [0, 0.1) is 11.3 Å². The summed E-state index contributed by atoms with van der Waals surface area (Å²) in [7, 11) is -3.76. The molecule has 10 heteroatoms. The number of anilines is 1. The van der Waals surface area contributed by atoms with Gasteiger partial charge in [-0.25, -0.2) is 13.2 Å². The van der Waals surface area contributed by atoms with Gasteiger partial charge in [0.05, 0.1) is 22.9 Å². The van der Waals surface area contributed by atoms with E-state index in [1.807, 2.05) is 6.07 Å². The average molecular weight is 466 g/mol. The lowest BCUT2D eigenvalue weighted by Crippen LogP contribution is -2.29. The quantitative estimate of drug-likeness (QED) is 0.455. The fourth-order valence-electron chi connectivity index (χ4n) is 2.03. The molecule has 146 valence electrons. The van der Waals surface area contributed by atoms with Crippen LogP contribution in [0.15, 0.2) is 57.9 Å². The fraction of sp³-hybridized carbons (Fsp3) is 0.167. The van der Waals surface area contributed by atoms with Gasteiger partial charge in [-0.15, -0.1) is 0 Å². The minimum atomic E-state index is -3.76. The van der Waals surface area contributed by atoms with Crippen molar-refractivity contribution >= 4 is 43.5 Å². The zero-order valence-corrected chi connectivity index (χ0v) is 16.9.